The predicted molar refractivity (Wildman–Crippen MR) is 90.6 cm³/mol. The Hall–Kier alpha value is -0.580. The number of nitrogens with two attached hydrogens (primary N) is 1. The molecular formula is C16H22BrClN2O. The Morgan fingerprint density at radius 1 is 1.38 bits per heavy atom. The van der Waals surface area contributed by atoms with Gasteiger partial charge in [0.15, 0.2) is 0 Å². The molecule has 2 fully saturated rings. The van der Waals surface area contributed by atoms with Crippen LogP contribution in [0.2, 0.25) is 0 Å². The second-order valence-electron chi connectivity index (χ2n) is 5.92. The Morgan fingerprint density at radius 2 is 2.19 bits per heavy atom. The maximum Gasteiger partial charge on any atom is 0.226 e. The van der Waals surface area contributed by atoms with Gasteiger partial charge in [-0.2, -0.15) is 0 Å². The Morgan fingerprint density at radius 3 is 2.90 bits per heavy atom. The third kappa shape index (κ3) is 3.61. The smallest absolute Gasteiger partial charge is 0.226 e. The highest BCUT2D eigenvalue weighted by Gasteiger charge is 2.46. The van der Waals surface area contributed by atoms with E-state index in [0.717, 1.165) is 30.3 Å². The number of halogens is 2. The molecule has 3 unspecified atom stereocenters. The first-order valence-corrected chi connectivity index (χ1v) is 8.26. The molecule has 21 heavy (non-hydrogen) atoms. The fraction of sp³-hybridized carbons (Fsp3) is 0.562. The van der Waals surface area contributed by atoms with E-state index in [9.17, 15) is 4.79 Å². The van der Waals surface area contributed by atoms with E-state index in [1.54, 1.807) is 0 Å². The molecule has 1 aromatic rings. The molecular weight excluding hydrogens is 352 g/mol. The number of rotatable bonds is 3. The summed E-state index contributed by atoms with van der Waals surface area (Å²) < 4.78 is 1.09. The lowest BCUT2D eigenvalue weighted by Crippen LogP contribution is -2.48. The molecule has 1 heterocycles. The minimum atomic E-state index is 0. The lowest BCUT2D eigenvalue weighted by molar-refractivity contribution is -0.136. The van der Waals surface area contributed by atoms with Crippen molar-refractivity contribution < 1.29 is 4.79 Å². The summed E-state index contributed by atoms with van der Waals surface area (Å²) in [7, 11) is 0. The van der Waals surface area contributed by atoms with Crippen molar-refractivity contribution in [2.24, 2.45) is 11.7 Å². The first-order valence-electron chi connectivity index (χ1n) is 7.46. The molecule has 0 aromatic heterocycles. The summed E-state index contributed by atoms with van der Waals surface area (Å²) >= 11 is 3.50. The number of benzene rings is 1. The monoisotopic (exact) mass is 372 g/mol. The van der Waals surface area contributed by atoms with Crippen molar-refractivity contribution in [1.29, 1.82) is 0 Å². The summed E-state index contributed by atoms with van der Waals surface area (Å²) in [5.74, 6) is 0.905. The molecule has 1 aliphatic heterocycles. The SMILES string of the molecule is Cl.NCC1CCCCN1C(=O)C1CC1c1cccc(Br)c1. The largest absolute Gasteiger partial charge is 0.338 e. The van der Waals surface area contributed by atoms with E-state index in [0.29, 0.717) is 18.4 Å². The van der Waals surface area contributed by atoms with Gasteiger partial charge in [-0.25, -0.2) is 0 Å². The zero-order chi connectivity index (χ0) is 14.1. The van der Waals surface area contributed by atoms with Crippen LogP contribution >= 0.6 is 28.3 Å². The molecule has 1 aromatic carbocycles. The maximum absolute atomic E-state index is 12.7. The number of likely N-dealkylation sites (tertiary alicyclic amines) is 1. The summed E-state index contributed by atoms with van der Waals surface area (Å²) in [6, 6.07) is 8.59. The predicted octanol–water partition coefficient (Wildman–Crippen LogP) is 3.31. The van der Waals surface area contributed by atoms with Gasteiger partial charge in [0.05, 0.1) is 0 Å². The molecule has 1 amide bonds. The number of hydrogen-bond acceptors (Lipinski definition) is 2. The third-order valence-electron chi connectivity index (χ3n) is 4.57. The number of carbonyl (C=O) groups excluding carboxylic acids is 1. The fourth-order valence-electron chi connectivity index (χ4n) is 3.32. The van der Waals surface area contributed by atoms with Crippen molar-refractivity contribution in [3.8, 4) is 0 Å². The zero-order valence-electron chi connectivity index (χ0n) is 12.0. The molecule has 1 saturated carbocycles. The van der Waals surface area contributed by atoms with E-state index >= 15 is 0 Å². The second-order valence-corrected chi connectivity index (χ2v) is 6.84. The van der Waals surface area contributed by atoms with Crippen LogP contribution in [-0.2, 0) is 4.79 Å². The molecule has 0 spiro atoms. The van der Waals surface area contributed by atoms with Gasteiger partial charge in [-0.1, -0.05) is 28.1 Å². The zero-order valence-corrected chi connectivity index (χ0v) is 14.4. The summed E-state index contributed by atoms with van der Waals surface area (Å²) in [5.41, 5.74) is 7.09. The minimum Gasteiger partial charge on any atom is -0.338 e. The second kappa shape index (κ2) is 7.12. The Labute approximate surface area is 140 Å². The van der Waals surface area contributed by atoms with E-state index in [1.807, 2.05) is 17.0 Å². The standard InChI is InChI=1S/C16H21BrN2O.ClH/c17-12-5-3-4-11(8-12)14-9-15(14)16(20)19-7-2-1-6-13(19)10-18;/h3-5,8,13-15H,1-2,6-7,9-10,18H2;1H. The van der Waals surface area contributed by atoms with Gasteiger partial charge in [-0.3, -0.25) is 4.79 Å². The molecule has 3 atom stereocenters. The van der Waals surface area contributed by atoms with Gasteiger partial charge in [0, 0.05) is 29.5 Å². The van der Waals surface area contributed by atoms with Gasteiger partial charge in [0.25, 0.3) is 0 Å². The Kier molecular flexibility index (Phi) is 5.69. The number of amides is 1. The van der Waals surface area contributed by atoms with Gasteiger partial charge >= 0.3 is 0 Å². The van der Waals surface area contributed by atoms with Crippen molar-refractivity contribution in [3.63, 3.8) is 0 Å². The van der Waals surface area contributed by atoms with Crippen LogP contribution in [0.25, 0.3) is 0 Å². The summed E-state index contributed by atoms with van der Waals surface area (Å²) in [4.78, 5) is 14.7. The minimum absolute atomic E-state index is 0. The third-order valence-corrected chi connectivity index (χ3v) is 5.06. The van der Waals surface area contributed by atoms with E-state index < -0.39 is 0 Å². The van der Waals surface area contributed by atoms with Crippen LogP contribution in [0.3, 0.4) is 0 Å². The van der Waals surface area contributed by atoms with E-state index in [1.165, 1.54) is 12.0 Å². The fourth-order valence-corrected chi connectivity index (χ4v) is 3.74. The van der Waals surface area contributed by atoms with Crippen LogP contribution in [0.5, 0.6) is 0 Å². The van der Waals surface area contributed by atoms with Gasteiger partial charge in [0.2, 0.25) is 5.91 Å². The number of hydrogen-bond donors (Lipinski definition) is 1. The van der Waals surface area contributed by atoms with Crippen LogP contribution in [-0.4, -0.2) is 29.9 Å². The van der Waals surface area contributed by atoms with Crippen molar-refractivity contribution in [3.05, 3.63) is 34.3 Å². The van der Waals surface area contributed by atoms with Gasteiger partial charge in [-0.05, 0) is 49.3 Å². The highest BCUT2D eigenvalue weighted by Crippen LogP contribution is 2.49. The first kappa shape index (κ1) is 16.8. The van der Waals surface area contributed by atoms with Crippen molar-refractivity contribution >= 4 is 34.2 Å². The normalized spacial score (nSPS) is 27.9. The van der Waals surface area contributed by atoms with Crippen LogP contribution < -0.4 is 5.73 Å². The maximum atomic E-state index is 12.7. The van der Waals surface area contributed by atoms with Crippen LogP contribution in [0, 0.1) is 5.92 Å². The van der Waals surface area contributed by atoms with Crippen LogP contribution in [0.4, 0.5) is 0 Å². The molecule has 3 rings (SSSR count). The van der Waals surface area contributed by atoms with Crippen molar-refractivity contribution in [1.82, 2.24) is 4.90 Å². The highest BCUT2D eigenvalue weighted by atomic mass is 79.9. The van der Waals surface area contributed by atoms with E-state index in [4.69, 9.17) is 5.73 Å². The molecule has 5 heteroatoms. The van der Waals surface area contributed by atoms with Crippen LogP contribution in [0.1, 0.15) is 37.2 Å². The summed E-state index contributed by atoms with van der Waals surface area (Å²) in [6.45, 7) is 1.49. The number of carbonyl (C=O) groups is 1. The topological polar surface area (TPSA) is 46.3 Å². The summed E-state index contributed by atoms with van der Waals surface area (Å²) in [5, 5.41) is 0. The average Bonchev–Trinajstić information content (AvgIpc) is 3.27. The Bertz CT molecular complexity index is 511. The van der Waals surface area contributed by atoms with Crippen molar-refractivity contribution in [2.45, 2.75) is 37.6 Å². The van der Waals surface area contributed by atoms with E-state index in [-0.39, 0.29) is 24.4 Å². The molecule has 1 saturated heterocycles. The van der Waals surface area contributed by atoms with Crippen molar-refractivity contribution in [2.75, 3.05) is 13.1 Å². The molecule has 0 radical (unpaired) electrons. The first-order chi connectivity index (χ1) is 9.70. The number of piperidine rings is 1. The molecule has 3 nitrogen and oxygen atoms in total. The molecule has 0 bridgehead atoms. The lowest BCUT2D eigenvalue weighted by Gasteiger charge is -2.35. The molecule has 2 N–H and O–H groups in total. The molecule has 1 aliphatic carbocycles. The number of nitrogens with zero attached hydrogens (tertiary/aromatic N) is 1. The van der Waals surface area contributed by atoms with Gasteiger partial charge < -0.3 is 10.6 Å². The Balaban J connectivity index is 0.00000161. The average molecular weight is 374 g/mol. The highest BCUT2D eigenvalue weighted by molar-refractivity contribution is 9.10. The molecule has 2 aliphatic rings. The summed E-state index contributed by atoms with van der Waals surface area (Å²) in [6.07, 6.45) is 4.38. The molecule has 116 valence electrons. The van der Waals surface area contributed by atoms with E-state index in [2.05, 4.69) is 28.1 Å². The van der Waals surface area contributed by atoms with Gasteiger partial charge in [-0.15, -0.1) is 12.4 Å². The van der Waals surface area contributed by atoms with Gasteiger partial charge in [0.1, 0.15) is 0 Å². The lowest BCUT2D eigenvalue weighted by atomic mass is 10.0. The van der Waals surface area contributed by atoms with Crippen LogP contribution in [0.15, 0.2) is 28.7 Å². The quantitative estimate of drug-likeness (QED) is 0.883.